The van der Waals surface area contributed by atoms with Crippen LogP contribution in [0.5, 0.6) is 0 Å². The Bertz CT molecular complexity index is 346. The monoisotopic (exact) mass is 236 g/mol. The summed E-state index contributed by atoms with van der Waals surface area (Å²) in [5.74, 6) is -0.112. The topological polar surface area (TPSA) is 24.1 Å². The van der Waals surface area contributed by atoms with Crippen LogP contribution < -0.4 is 10.6 Å². The molecule has 1 heterocycles. The van der Waals surface area contributed by atoms with Crippen LogP contribution in [0.2, 0.25) is 0 Å². The highest BCUT2D eigenvalue weighted by atomic mass is 19.1. The van der Waals surface area contributed by atoms with Gasteiger partial charge in [-0.2, -0.15) is 0 Å². The quantitative estimate of drug-likeness (QED) is 0.843. The van der Waals surface area contributed by atoms with E-state index >= 15 is 0 Å². The van der Waals surface area contributed by atoms with E-state index in [-0.39, 0.29) is 11.9 Å². The van der Waals surface area contributed by atoms with Gasteiger partial charge in [0.25, 0.3) is 0 Å². The molecule has 0 spiro atoms. The third kappa shape index (κ3) is 3.51. The number of nitrogens with one attached hydrogen (secondary N) is 2. The molecule has 0 bridgehead atoms. The van der Waals surface area contributed by atoms with Gasteiger partial charge in [0.2, 0.25) is 0 Å². The number of rotatable bonds is 3. The standard InChI is InChI=1S/C14H21FN2/c1-11(13-6-2-3-7-14(13)15)17-12-5-4-9-16-10-8-12/h2-3,6-7,11-12,16-17H,4-5,8-10H2,1H3. The summed E-state index contributed by atoms with van der Waals surface area (Å²) < 4.78 is 13.6. The molecule has 2 unspecified atom stereocenters. The maximum atomic E-state index is 13.6. The summed E-state index contributed by atoms with van der Waals surface area (Å²) in [7, 11) is 0. The molecule has 0 aliphatic carbocycles. The Morgan fingerprint density at radius 2 is 2.12 bits per heavy atom. The van der Waals surface area contributed by atoms with Gasteiger partial charge in [0.15, 0.2) is 0 Å². The Morgan fingerprint density at radius 3 is 2.94 bits per heavy atom. The molecule has 1 aromatic rings. The first-order valence-electron chi connectivity index (χ1n) is 6.48. The summed E-state index contributed by atoms with van der Waals surface area (Å²) in [6, 6.07) is 7.61. The Morgan fingerprint density at radius 1 is 1.29 bits per heavy atom. The van der Waals surface area contributed by atoms with Crippen molar-refractivity contribution in [3.05, 3.63) is 35.6 Å². The first-order valence-corrected chi connectivity index (χ1v) is 6.48. The molecule has 3 heteroatoms. The fourth-order valence-electron chi connectivity index (χ4n) is 2.46. The number of benzene rings is 1. The molecule has 2 rings (SSSR count). The second kappa shape index (κ2) is 6.12. The van der Waals surface area contributed by atoms with Crippen LogP contribution in [0, 0.1) is 5.82 Å². The highest BCUT2D eigenvalue weighted by molar-refractivity contribution is 5.20. The number of halogens is 1. The predicted octanol–water partition coefficient (Wildman–Crippen LogP) is 2.62. The van der Waals surface area contributed by atoms with Crippen LogP contribution in [0.15, 0.2) is 24.3 Å². The van der Waals surface area contributed by atoms with E-state index in [1.807, 2.05) is 19.1 Å². The van der Waals surface area contributed by atoms with E-state index in [9.17, 15) is 4.39 Å². The second-order valence-electron chi connectivity index (χ2n) is 4.79. The van der Waals surface area contributed by atoms with Crippen LogP contribution in [0.1, 0.15) is 37.8 Å². The van der Waals surface area contributed by atoms with Crippen molar-refractivity contribution >= 4 is 0 Å². The maximum Gasteiger partial charge on any atom is 0.127 e. The van der Waals surface area contributed by atoms with Crippen molar-refractivity contribution in [2.75, 3.05) is 13.1 Å². The summed E-state index contributed by atoms with van der Waals surface area (Å²) in [5.41, 5.74) is 0.768. The summed E-state index contributed by atoms with van der Waals surface area (Å²) in [5, 5.41) is 6.92. The van der Waals surface area contributed by atoms with Gasteiger partial charge in [-0.25, -0.2) is 4.39 Å². The van der Waals surface area contributed by atoms with E-state index in [1.165, 1.54) is 18.9 Å². The van der Waals surface area contributed by atoms with Gasteiger partial charge in [-0.1, -0.05) is 18.2 Å². The summed E-state index contributed by atoms with van der Waals surface area (Å²) in [4.78, 5) is 0. The summed E-state index contributed by atoms with van der Waals surface area (Å²) >= 11 is 0. The Labute approximate surface area is 103 Å². The van der Waals surface area contributed by atoms with Gasteiger partial charge in [0, 0.05) is 17.6 Å². The molecular formula is C14H21FN2. The molecule has 1 aromatic carbocycles. The van der Waals surface area contributed by atoms with Gasteiger partial charge >= 0.3 is 0 Å². The molecule has 1 aliphatic heterocycles. The van der Waals surface area contributed by atoms with Crippen LogP contribution >= 0.6 is 0 Å². The van der Waals surface area contributed by atoms with E-state index < -0.39 is 0 Å². The van der Waals surface area contributed by atoms with Crippen molar-refractivity contribution in [3.8, 4) is 0 Å². The van der Waals surface area contributed by atoms with E-state index in [1.54, 1.807) is 6.07 Å². The van der Waals surface area contributed by atoms with Crippen molar-refractivity contribution in [2.24, 2.45) is 0 Å². The minimum Gasteiger partial charge on any atom is -0.317 e. The van der Waals surface area contributed by atoms with Gasteiger partial charge in [-0.05, 0) is 45.3 Å². The lowest BCUT2D eigenvalue weighted by atomic mass is 10.0. The van der Waals surface area contributed by atoms with Gasteiger partial charge in [0.1, 0.15) is 5.82 Å². The highest BCUT2D eigenvalue weighted by Crippen LogP contribution is 2.18. The first kappa shape index (κ1) is 12.5. The number of hydrogen-bond acceptors (Lipinski definition) is 2. The zero-order chi connectivity index (χ0) is 12.1. The lowest BCUT2D eigenvalue weighted by Crippen LogP contribution is -2.32. The molecule has 1 saturated heterocycles. The molecule has 0 aromatic heterocycles. The molecule has 94 valence electrons. The van der Waals surface area contributed by atoms with Gasteiger partial charge in [-0.3, -0.25) is 0 Å². The predicted molar refractivity (Wildman–Crippen MR) is 68.5 cm³/mol. The van der Waals surface area contributed by atoms with E-state index in [0.717, 1.165) is 25.1 Å². The molecule has 0 saturated carbocycles. The molecule has 1 aliphatic rings. The van der Waals surface area contributed by atoms with Gasteiger partial charge < -0.3 is 10.6 Å². The molecule has 1 fully saturated rings. The average Bonchev–Trinajstić information content (AvgIpc) is 2.58. The Balaban J connectivity index is 1.96. The van der Waals surface area contributed by atoms with Crippen LogP contribution in [0.4, 0.5) is 4.39 Å². The first-order chi connectivity index (χ1) is 8.27. The third-order valence-electron chi connectivity index (χ3n) is 3.43. The molecule has 0 amide bonds. The Kier molecular flexibility index (Phi) is 4.51. The maximum absolute atomic E-state index is 13.6. The normalized spacial score (nSPS) is 23.1. The smallest absolute Gasteiger partial charge is 0.127 e. The molecular weight excluding hydrogens is 215 g/mol. The van der Waals surface area contributed by atoms with Crippen LogP contribution in [-0.2, 0) is 0 Å². The van der Waals surface area contributed by atoms with Crippen LogP contribution in [-0.4, -0.2) is 19.1 Å². The lowest BCUT2D eigenvalue weighted by molar-refractivity contribution is 0.412. The van der Waals surface area contributed by atoms with Crippen LogP contribution in [0.25, 0.3) is 0 Å². The van der Waals surface area contributed by atoms with Gasteiger partial charge in [0.05, 0.1) is 0 Å². The summed E-state index contributed by atoms with van der Waals surface area (Å²) in [6.45, 7) is 4.20. The van der Waals surface area contributed by atoms with Crippen molar-refractivity contribution in [3.63, 3.8) is 0 Å². The highest BCUT2D eigenvalue weighted by Gasteiger charge is 2.16. The van der Waals surface area contributed by atoms with Crippen molar-refractivity contribution in [1.82, 2.24) is 10.6 Å². The molecule has 2 atom stereocenters. The van der Waals surface area contributed by atoms with Crippen molar-refractivity contribution < 1.29 is 4.39 Å². The SMILES string of the molecule is CC(NC1CCCNCC1)c1ccccc1F. The zero-order valence-electron chi connectivity index (χ0n) is 10.4. The van der Waals surface area contributed by atoms with E-state index in [0.29, 0.717) is 6.04 Å². The average molecular weight is 236 g/mol. The van der Waals surface area contributed by atoms with Crippen LogP contribution in [0.3, 0.4) is 0 Å². The summed E-state index contributed by atoms with van der Waals surface area (Å²) in [6.07, 6.45) is 3.49. The largest absolute Gasteiger partial charge is 0.317 e. The fraction of sp³-hybridized carbons (Fsp3) is 0.571. The minimum atomic E-state index is -0.112. The van der Waals surface area contributed by atoms with Crippen molar-refractivity contribution in [1.29, 1.82) is 0 Å². The fourth-order valence-corrected chi connectivity index (χ4v) is 2.46. The second-order valence-corrected chi connectivity index (χ2v) is 4.79. The van der Waals surface area contributed by atoms with Gasteiger partial charge in [-0.15, -0.1) is 0 Å². The number of hydrogen-bond donors (Lipinski definition) is 2. The zero-order valence-corrected chi connectivity index (χ0v) is 10.4. The third-order valence-corrected chi connectivity index (χ3v) is 3.43. The molecule has 0 radical (unpaired) electrons. The van der Waals surface area contributed by atoms with Crippen molar-refractivity contribution in [2.45, 2.75) is 38.3 Å². The molecule has 2 N–H and O–H groups in total. The molecule has 17 heavy (non-hydrogen) atoms. The van der Waals surface area contributed by atoms with E-state index in [2.05, 4.69) is 10.6 Å². The molecule has 2 nitrogen and oxygen atoms in total. The van der Waals surface area contributed by atoms with E-state index in [4.69, 9.17) is 0 Å². The Hall–Kier alpha value is -0.930. The minimum absolute atomic E-state index is 0.0827. The lowest BCUT2D eigenvalue weighted by Gasteiger charge is -2.22.